The summed E-state index contributed by atoms with van der Waals surface area (Å²) < 4.78 is 0. The molecule has 2 N–H and O–H groups in total. The van der Waals surface area contributed by atoms with Crippen molar-refractivity contribution in [2.45, 2.75) is 38.4 Å². The minimum absolute atomic E-state index is 0.0248. The van der Waals surface area contributed by atoms with Gasteiger partial charge in [0.05, 0.1) is 5.75 Å². The number of carbonyl (C=O) groups excluding carboxylic acids is 1. The minimum atomic E-state index is 0.0248. The topological polar surface area (TPSA) is 70.7 Å². The molecular weight excluding hydrogens is 212 g/mol. The van der Waals surface area contributed by atoms with Crippen LogP contribution in [0.15, 0.2) is 5.16 Å². The summed E-state index contributed by atoms with van der Waals surface area (Å²) in [6.45, 7) is 5.85. The van der Waals surface area contributed by atoms with Crippen molar-refractivity contribution in [3.63, 3.8) is 0 Å². The van der Waals surface area contributed by atoms with Crippen molar-refractivity contribution in [3.8, 4) is 0 Å². The van der Waals surface area contributed by atoms with Gasteiger partial charge in [0.2, 0.25) is 11.1 Å². The molecule has 1 amide bonds. The SMILES string of the molecule is CCC(C)NC(=O)CSc1n[nH]c(C)n1. The Morgan fingerprint density at radius 2 is 2.40 bits per heavy atom. The average molecular weight is 228 g/mol. The molecular formula is C9H16N4OS. The van der Waals surface area contributed by atoms with Gasteiger partial charge in [0.1, 0.15) is 5.82 Å². The second-order valence-corrected chi connectivity index (χ2v) is 4.31. The van der Waals surface area contributed by atoms with E-state index < -0.39 is 0 Å². The van der Waals surface area contributed by atoms with Crippen molar-refractivity contribution in [1.82, 2.24) is 20.5 Å². The van der Waals surface area contributed by atoms with Gasteiger partial charge >= 0.3 is 0 Å². The van der Waals surface area contributed by atoms with Crippen molar-refractivity contribution in [2.75, 3.05) is 5.75 Å². The first kappa shape index (κ1) is 12.0. The molecule has 0 aliphatic rings. The zero-order valence-electron chi connectivity index (χ0n) is 9.20. The molecule has 15 heavy (non-hydrogen) atoms. The fourth-order valence-corrected chi connectivity index (χ4v) is 1.59. The number of aromatic nitrogens is 3. The molecule has 0 aromatic carbocycles. The highest BCUT2D eigenvalue weighted by atomic mass is 32.2. The van der Waals surface area contributed by atoms with Gasteiger partial charge in [-0.15, -0.1) is 5.10 Å². The van der Waals surface area contributed by atoms with E-state index in [1.54, 1.807) is 0 Å². The van der Waals surface area contributed by atoms with Crippen LogP contribution in [0.1, 0.15) is 26.1 Å². The number of carbonyl (C=O) groups is 1. The Bertz CT molecular complexity index is 326. The number of aromatic amines is 1. The lowest BCUT2D eigenvalue weighted by Crippen LogP contribution is -2.33. The van der Waals surface area contributed by atoms with Crippen molar-refractivity contribution in [2.24, 2.45) is 0 Å². The molecule has 0 saturated heterocycles. The summed E-state index contributed by atoms with van der Waals surface area (Å²) in [7, 11) is 0. The highest BCUT2D eigenvalue weighted by molar-refractivity contribution is 7.99. The van der Waals surface area contributed by atoms with E-state index in [9.17, 15) is 4.79 Å². The molecule has 1 aromatic heterocycles. The van der Waals surface area contributed by atoms with E-state index in [2.05, 4.69) is 20.5 Å². The summed E-state index contributed by atoms with van der Waals surface area (Å²) in [5, 5.41) is 10.2. The van der Waals surface area contributed by atoms with Gasteiger partial charge in [-0.2, -0.15) is 0 Å². The van der Waals surface area contributed by atoms with Gasteiger partial charge in [-0.25, -0.2) is 4.98 Å². The second kappa shape index (κ2) is 5.75. The number of aryl methyl sites for hydroxylation is 1. The fourth-order valence-electron chi connectivity index (χ4n) is 0.935. The summed E-state index contributed by atoms with van der Waals surface area (Å²) in [5.41, 5.74) is 0. The first-order valence-corrected chi connectivity index (χ1v) is 5.91. The Hall–Kier alpha value is -1.04. The Labute approximate surface area is 93.4 Å². The number of hydrogen-bond acceptors (Lipinski definition) is 4. The number of H-pyrrole nitrogens is 1. The van der Waals surface area contributed by atoms with E-state index in [0.717, 1.165) is 12.2 Å². The van der Waals surface area contributed by atoms with Gasteiger partial charge in [-0.05, 0) is 20.3 Å². The van der Waals surface area contributed by atoms with Crippen molar-refractivity contribution >= 4 is 17.7 Å². The first-order chi connectivity index (χ1) is 7.11. The number of hydrogen-bond donors (Lipinski definition) is 2. The highest BCUT2D eigenvalue weighted by Crippen LogP contribution is 2.11. The second-order valence-electron chi connectivity index (χ2n) is 3.37. The standard InChI is InChI=1S/C9H16N4OS/c1-4-6(2)10-8(14)5-15-9-11-7(3)12-13-9/h6H,4-5H2,1-3H3,(H,10,14)(H,11,12,13). The number of thioether (sulfide) groups is 1. The maximum atomic E-state index is 11.4. The zero-order valence-corrected chi connectivity index (χ0v) is 10.0. The molecule has 84 valence electrons. The Kier molecular flexibility index (Phi) is 4.61. The first-order valence-electron chi connectivity index (χ1n) is 4.93. The molecule has 0 radical (unpaired) electrons. The van der Waals surface area contributed by atoms with E-state index in [0.29, 0.717) is 10.9 Å². The molecule has 6 heteroatoms. The van der Waals surface area contributed by atoms with Crippen LogP contribution in [-0.4, -0.2) is 32.9 Å². The van der Waals surface area contributed by atoms with E-state index in [1.165, 1.54) is 11.8 Å². The Balaban J connectivity index is 2.28. The van der Waals surface area contributed by atoms with Gasteiger partial charge < -0.3 is 5.32 Å². The van der Waals surface area contributed by atoms with Crippen LogP contribution in [0.2, 0.25) is 0 Å². The molecule has 1 aromatic rings. The molecule has 0 saturated carbocycles. The third kappa shape index (κ3) is 4.33. The third-order valence-electron chi connectivity index (χ3n) is 1.93. The molecule has 1 atom stereocenters. The summed E-state index contributed by atoms with van der Waals surface area (Å²) >= 11 is 1.34. The molecule has 0 bridgehead atoms. The molecule has 1 unspecified atom stereocenters. The third-order valence-corrected chi connectivity index (χ3v) is 2.78. The van der Waals surface area contributed by atoms with Gasteiger partial charge in [-0.3, -0.25) is 9.89 Å². The zero-order chi connectivity index (χ0) is 11.3. The summed E-state index contributed by atoms with van der Waals surface area (Å²) in [5.74, 6) is 1.15. The maximum Gasteiger partial charge on any atom is 0.230 e. The van der Waals surface area contributed by atoms with Gasteiger partial charge in [0.25, 0.3) is 0 Å². The van der Waals surface area contributed by atoms with E-state index in [4.69, 9.17) is 0 Å². The Morgan fingerprint density at radius 3 is 2.93 bits per heavy atom. The van der Waals surface area contributed by atoms with Crippen molar-refractivity contribution in [3.05, 3.63) is 5.82 Å². The predicted molar refractivity (Wildman–Crippen MR) is 59.7 cm³/mol. The van der Waals surface area contributed by atoms with Gasteiger partial charge in [0, 0.05) is 6.04 Å². The molecule has 5 nitrogen and oxygen atoms in total. The predicted octanol–water partition coefficient (Wildman–Crippen LogP) is 1.12. The van der Waals surface area contributed by atoms with Crippen LogP contribution in [0.4, 0.5) is 0 Å². The maximum absolute atomic E-state index is 11.4. The molecule has 0 aliphatic heterocycles. The molecule has 0 aliphatic carbocycles. The Morgan fingerprint density at radius 1 is 1.67 bits per heavy atom. The van der Waals surface area contributed by atoms with E-state index in [-0.39, 0.29) is 11.9 Å². The normalized spacial score (nSPS) is 12.5. The number of rotatable bonds is 5. The number of nitrogens with zero attached hydrogens (tertiary/aromatic N) is 2. The molecule has 1 heterocycles. The fraction of sp³-hybridized carbons (Fsp3) is 0.667. The average Bonchev–Trinajstić information content (AvgIpc) is 2.61. The van der Waals surface area contributed by atoms with Crippen LogP contribution >= 0.6 is 11.8 Å². The summed E-state index contributed by atoms with van der Waals surface area (Å²) in [6.07, 6.45) is 0.941. The summed E-state index contributed by atoms with van der Waals surface area (Å²) in [6, 6.07) is 0.229. The lowest BCUT2D eigenvalue weighted by atomic mass is 10.3. The largest absolute Gasteiger partial charge is 0.353 e. The van der Waals surface area contributed by atoms with E-state index in [1.807, 2.05) is 20.8 Å². The number of nitrogens with one attached hydrogen (secondary N) is 2. The monoisotopic (exact) mass is 228 g/mol. The van der Waals surface area contributed by atoms with Gasteiger partial charge in [0.15, 0.2) is 0 Å². The highest BCUT2D eigenvalue weighted by Gasteiger charge is 2.08. The van der Waals surface area contributed by atoms with Crippen molar-refractivity contribution < 1.29 is 4.79 Å². The van der Waals surface area contributed by atoms with Crippen LogP contribution in [0.3, 0.4) is 0 Å². The van der Waals surface area contributed by atoms with Crippen LogP contribution in [0.25, 0.3) is 0 Å². The lowest BCUT2D eigenvalue weighted by molar-refractivity contribution is -0.119. The lowest BCUT2D eigenvalue weighted by Gasteiger charge is -2.09. The van der Waals surface area contributed by atoms with Crippen molar-refractivity contribution in [1.29, 1.82) is 0 Å². The van der Waals surface area contributed by atoms with Crippen LogP contribution < -0.4 is 5.32 Å². The van der Waals surface area contributed by atoms with Crippen LogP contribution in [-0.2, 0) is 4.79 Å². The van der Waals surface area contributed by atoms with Gasteiger partial charge in [-0.1, -0.05) is 18.7 Å². The number of amides is 1. The van der Waals surface area contributed by atoms with E-state index >= 15 is 0 Å². The van der Waals surface area contributed by atoms with Crippen LogP contribution in [0, 0.1) is 6.92 Å². The summed E-state index contributed by atoms with van der Waals surface area (Å²) in [4.78, 5) is 15.5. The quantitative estimate of drug-likeness (QED) is 0.741. The molecule has 0 spiro atoms. The molecule has 0 fully saturated rings. The molecule has 1 rings (SSSR count). The minimum Gasteiger partial charge on any atom is -0.353 e. The smallest absolute Gasteiger partial charge is 0.230 e. The van der Waals surface area contributed by atoms with Crippen LogP contribution in [0.5, 0.6) is 0 Å².